The van der Waals surface area contributed by atoms with Crippen LogP contribution in [0.2, 0.25) is 0 Å². The molecular weight excluding hydrogens is 264 g/mol. The quantitative estimate of drug-likeness (QED) is 0.825. The van der Waals surface area contributed by atoms with E-state index >= 15 is 0 Å². The summed E-state index contributed by atoms with van der Waals surface area (Å²) in [6.45, 7) is 7.84. The van der Waals surface area contributed by atoms with Gasteiger partial charge in [-0.15, -0.1) is 13.2 Å². The number of amides is 1. The highest BCUT2D eigenvalue weighted by atomic mass is 16.3. The molecule has 0 unspecified atom stereocenters. The lowest BCUT2D eigenvalue weighted by Gasteiger charge is -2.06. The predicted molar refractivity (Wildman–Crippen MR) is 83.2 cm³/mol. The number of hydrogen-bond acceptors (Lipinski definition) is 3. The number of nitrogens with zero attached hydrogens (tertiary/aromatic N) is 1. The Balaban J connectivity index is 0.00000106. The second kappa shape index (κ2) is 7.51. The molecule has 1 amide bonds. The van der Waals surface area contributed by atoms with Crippen molar-refractivity contribution in [2.24, 2.45) is 0 Å². The predicted octanol–water partition coefficient (Wildman–Crippen LogP) is 3.63. The smallest absolute Gasteiger partial charge is 0.255 e. The van der Waals surface area contributed by atoms with Crippen molar-refractivity contribution >= 4 is 11.6 Å². The molecule has 0 fully saturated rings. The number of anilines is 1. The summed E-state index contributed by atoms with van der Waals surface area (Å²) in [6, 6.07) is 13.2. The lowest BCUT2D eigenvalue weighted by molar-refractivity contribution is 0.102. The molecule has 0 radical (unpaired) electrons. The zero-order chi connectivity index (χ0) is 15.8. The maximum Gasteiger partial charge on any atom is 0.255 e. The molecule has 0 atom stereocenters. The molecule has 0 saturated heterocycles. The van der Waals surface area contributed by atoms with E-state index in [1.165, 1.54) is 24.3 Å². The molecule has 2 N–H and O–H groups in total. The molecule has 0 aliphatic carbocycles. The average molecular weight is 280 g/mol. The van der Waals surface area contributed by atoms with Crippen LogP contribution in [-0.2, 0) is 0 Å². The fourth-order valence-corrected chi connectivity index (χ4v) is 1.64. The molecule has 0 spiro atoms. The van der Waals surface area contributed by atoms with Crippen LogP contribution >= 0.6 is 0 Å². The second-order valence-electron chi connectivity index (χ2n) is 4.14. The first-order chi connectivity index (χ1) is 10.1. The van der Waals surface area contributed by atoms with Gasteiger partial charge < -0.3 is 10.4 Å². The first kappa shape index (κ1) is 16.0. The van der Waals surface area contributed by atoms with E-state index < -0.39 is 0 Å². The molecule has 0 saturated carbocycles. The van der Waals surface area contributed by atoms with Crippen LogP contribution in [0.4, 0.5) is 5.69 Å². The Morgan fingerprint density at radius 1 is 1.19 bits per heavy atom. The van der Waals surface area contributed by atoms with Crippen molar-refractivity contribution in [2.75, 3.05) is 5.32 Å². The van der Waals surface area contributed by atoms with Crippen LogP contribution < -0.4 is 5.32 Å². The summed E-state index contributed by atoms with van der Waals surface area (Å²) in [5.74, 6) is -0.175. The van der Waals surface area contributed by atoms with Gasteiger partial charge in [0.2, 0.25) is 0 Å². The maximum absolute atomic E-state index is 11.9. The fraction of sp³-hybridized carbons (Fsp3) is 0.0588. The molecule has 0 aliphatic heterocycles. The zero-order valence-electron chi connectivity index (χ0n) is 11.8. The third-order valence-electron chi connectivity index (χ3n) is 2.75. The highest BCUT2D eigenvalue weighted by Gasteiger charge is 2.07. The number of aromatic hydroxyl groups is 1. The highest BCUT2D eigenvalue weighted by molar-refractivity contribution is 6.04. The number of nitrogens with one attached hydrogen (secondary N) is 1. The van der Waals surface area contributed by atoms with Crippen molar-refractivity contribution in [1.29, 1.82) is 5.26 Å². The van der Waals surface area contributed by atoms with E-state index in [2.05, 4.69) is 24.5 Å². The van der Waals surface area contributed by atoms with Gasteiger partial charge >= 0.3 is 0 Å². The number of phenols is 1. The van der Waals surface area contributed by atoms with Gasteiger partial charge in [-0.05, 0) is 48.9 Å². The van der Waals surface area contributed by atoms with Crippen LogP contribution in [0, 0.1) is 18.3 Å². The molecular formula is C17H16N2O2. The van der Waals surface area contributed by atoms with Gasteiger partial charge in [-0.2, -0.15) is 5.26 Å². The standard InChI is InChI=1S/C15H12N2O2.C2H4/c1-10-2-5-13(8-12(10)9-16)17-15(19)11-3-6-14(18)7-4-11;1-2/h2-8,18H,1H3,(H,17,19);1-2H2. The number of aryl methyl sites for hydroxylation is 1. The highest BCUT2D eigenvalue weighted by Crippen LogP contribution is 2.16. The monoisotopic (exact) mass is 280 g/mol. The minimum absolute atomic E-state index is 0.110. The Morgan fingerprint density at radius 2 is 1.81 bits per heavy atom. The van der Waals surface area contributed by atoms with Crippen LogP contribution in [0.25, 0.3) is 0 Å². The van der Waals surface area contributed by atoms with E-state index in [-0.39, 0.29) is 11.7 Å². The molecule has 2 aromatic rings. The molecule has 2 aromatic carbocycles. The van der Waals surface area contributed by atoms with Gasteiger partial charge in [0.25, 0.3) is 5.91 Å². The number of benzene rings is 2. The number of hydrogen-bond donors (Lipinski definition) is 2. The van der Waals surface area contributed by atoms with Gasteiger partial charge in [-0.25, -0.2) is 0 Å². The molecule has 21 heavy (non-hydrogen) atoms. The lowest BCUT2D eigenvalue weighted by atomic mass is 10.1. The summed E-state index contributed by atoms with van der Waals surface area (Å²) in [7, 11) is 0. The summed E-state index contributed by atoms with van der Waals surface area (Å²) >= 11 is 0. The first-order valence-corrected chi connectivity index (χ1v) is 6.21. The topological polar surface area (TPSA) is 73.1 Å². The molecule has 106 valence electrons. The largest absolute Gasteiger partial charge is 0.508 e. The average Bonchev–Trinajstić information content (AvgIpc) is 2.51. The lowest BCUT2D eigenvalue weighted by Crippen LogP contribution is -2.11. The van der Waals surface area contributed by atoms with Crippen LogP contribution in [0.1, 0.15) is 21.5 Å². The van der Waals surface area contributed by atoms with Crippen molar-refractivity contribution in [1.82, 2.24) is 0 Å². The van der Waals surface area contributed by atoms with Crippen LogP contribution in [-0.4, -0.2) is 11.0 Å². The van der Waals surface area contributed by atoms with E-state index in [1.54, 1.807) is 18.2 Å². The second-order valence-corrected chi connectivity index (χ2v) is 4.14. The van der Waals surface area contributed by atoms with Crippen LogP contribution in [0.15, 0.2) is 55.6 Å². The van der Waals surface area contributed by atoms with Crippen molar-refractivity contribution in [2.45, 2.75) is 6.92 Å². The fourth-order valence-electron chi connectivity index (χ4n) is 1.64. The number of rotatable bonds is 2. The van der Waals surface area contributed by atoms with Gasteiger partial charge in [0, 0.05) is 11.3 Å². The summed E-state index contributed by atoms with van der Waals surface area (Å²) in [6.07, 6.45) is 0. The Kier molecular flexibility index (Phi) is 5.72. The summed E-state index contributed by atoms with van der Waals surface area (Å²) < 4.78 is 0. The van der Waals surface area contributed by atoms with Gasteiger partial charge in [0.05, 0.1) is 11.6 Å². The van der Waals surface area contributed by atoms with E-state index in [0.717, 1.165) is 5.56 Å². The first-order valence-electron chi connectivity index (χ1n) is 6.21. The maximum atomic E-state index is 11.9. The van der Waals surface area contributed by atoms with Crippen LogP contribution in [0.5, 0.6) is 5.75 Å². The molecule has 0 aromatic heterocycles. The molecule has 0 aliphatic rings. The van der Waals surface area contributed by atoms with Gasteiger partial charge in [-0.1, -0.05) is 6.07 Å². The Bertz CT molecular complexity index is 670. The van der Waals surface area contributed by atoms with Gasteiger partial charge in [-0.3, -0.25) is 4.79 Å². The third kappa shape index (κ3) is 4.22. The van der Waals surface area contributed by atoms with Crippen molar-refractivity contribution in [3.05, 3.63) is 72.3 Å². The van der Waals surface area contributed by atoms with Gasteiger partial charge in [0.15, 0.2) is 0 Å². The van der Waals surface area contributed by atoms with Crippen LogP contribution in [0.3, 0.4) is 0 Å². The molecule has 0 heterocycles. The zero-order valence-corrected chi connectivity index (χ0v) is 11.8. The van der Waals surface area contributed by atoms with E-state index in [4.69, 9.17) is 10.4 Å². The van der Waals surface area contributed by atoms with Crippen molar-refractivity contribution < 1.29 is 9.90 Å². The Hall–Kier alpha value is -3.06. The Labute approximate surface area is 124 Å². The number of phenolic OH excluding ortho intramolecular Hbond substituents is 1. The van der Waals surface area contributed by atoms with E-state index in [9.17, 15) is 4.79 Å². The normalized spacial score (nSPS) is 8.95. The van der Waals surface area contributed by atoms with Gasteiger partial charge in [0.1, 0.15) is 5.75 Å². The molecule has 0 bridgehead atoms. The van der Waals surface area contributed by atoms with Crippen molar-refractivity contribution in [3.8, 4) is 11.8 Å². The summed E-state index contributed by atoms with van der Waals surface area (Å²) in [5.41, 5.74) is 2.41. The van der Waals surface area contributed by atoms with Crippen molar-refractivity contribution in [3.63, 3.8) is 0 Å². The molecule has 4 heteroatoms. The minimum atomic E-state index is -0.284. The molecule has 2 rings (SSSR count). The Morgan fingerprint density at radius 3 is 2.38 bits per heavy atom. The number of carbonyl (C=O) groups excluding carboxylic acids is 1. The molecule has 4 nitrogen and oxygen atoms in total. The third-order valence-corrected chi connectivity index (χ3v) is 2.75. The summed E-state index contributed by atoms with van der Waals surface area (Å²) in [4.78, 5) is 11.9. The van der Waals surface area contributed by atoms with E-state index in [0.29, 0.717) is 16.8 Å². The summed E-state index contributed by atoms with van der Waals surface area (Å²) in [5, 5.41) is 20.8. The minimum Gasteiger partial charge on any atom is -0.508 e. The SMILES string of the molecule is C=C.Cc1ccc(NC(=O)c2ccc(O)cc2)cc1C#N. The van der Waals surface area contributed by atoms with E-state index in [1.807, 2.05) is 6.92 Å². The number of carbonyl (C=O) groups is 1. The number of nitriles is 1.